The monoisotopic (exact) mass is 490 g/mol. The van der Waals surface area contributed by atoms with E-state index in [1.807, 2.05) is 0 Å². The Morgan fingerprint density at radius 2 is 1.56 bits per heavy atom. The molecule has 0 aliphatic heterocycles. The summed E-state index contributed by atoms with van der Waals surface area (Å²) in [7, 11) is 0. The van der Waals surface area contributed by atoms with Gasteiger partial charge in [0.1, 0.15) is 23.9 Å². The molecule has 0 radical (unpaired) electrons. The van der Waals surface area contributed by atoms with Crippen LogP contribution >= 0.6 is 0 Å². The van der Waals surface area contributed by atoms with E-state index in [0.29, 0.717) is 35.0 Å². The Kier molecular flexibility index (Phi) is 9.28. The predicted molar refractivity (Wildman–Crippen MR) is 133 cm³/mol. The fourth-order valence-corrected chi connectivity index (χ4v) is 2.76. The fourth-order valence-electron chi connectivity index (χ4n) is 2.76. The number of hydrogen-bond donors (Lipinski definition) is 3. The Bertz CT molecular complexity index is 1240. The lowest BCUT2D eigenvalue weighted by atomic mass is 10.2. The number of nitrogens with zero attached hydrogens (tertiary/aromatic N) is 1. The number of hydrazone groups is 1. The molecule has 3 rings (SSSR count). The highest BCUT2D eigenvalue weighted by atomic mass is 19.1. The minimum atomic E-state index is -0.955. The molecule has 0 bridgehead atoms. The fraction of sp³-hybridized carbons (Fsp3) is 0.0769. The zero-order valence-corrected chi connectivity index (χ0v) is 19.1. The van der Waals surface area contributed by atoms with Crippen molar-refractivity contribution < 1.29 is 28.2 Å². The van der Waals surface area contributed by atoms with Crippen molar-refractivity contribution in [1.29, 1.82) is 0 Å². The van der Waals surface area contributed by atoms with Gasteiger partial charge in [-0.25, -0.2) is 9.82 Å². The predicted octanol–water partition coefficient (Wildman–Crippen LogP) is 3.50. The van der Waals surface area contributed by atoms with E-state index in [1.165, 1.54) is 30.5 Å². The second-order valence-electron chi connectivity index (χ2n) is 7.19. The summed E-state index contributed by atoms with van der Waals surface area (Å²) in [5.41, 5.74) is 3.56. The summed E-state index contributed by atoms with van der Waals surface area (Å²) in [6.07, 6.45) is 2.93. The van der Waals surface area contributed by atoms with E-state index in [4.69, 9.17) is 9.47 Å². The van der Waals surface area contributed by atoms with E-state index in [9.17, 15) is 18.8 Å². The van der Waals surface area contributed by atoms with Crippen LogP contribution in [-0.4, -0.2) is 37.1 Å². The molecule has 0 aliphatic carbocycles. The summed E-state index contributed by atoms with van der Waals surface area (Å²) >= 11 is 0. The summed E-state index contributed by atoms with van der Waals surface area (Å²) < 4.78 is 23.7. The highest BCUT2D eigenvalue weighted by Gasteiger charge is 2.13. The van der Waals surface area contributed by atoms with Crippen molar-refractivity contribution in [3.05, 3.63) is 96.8 Å². The number of carbonyl (C=O) groups excluding carboxylic acids is 3. The molecule has 0 fully saturated rings. The van der Waals surface area contributed by atoms with Gasteiger partial charge in [-0.3, -0.25) is 14.4 Å². The molecule has 184 valence electrons. The van der Waals surface area contributed by atoms with E-state index in [0.717, 1.165) is 0 Å². The molecule has 0 aliphatic rings. The zero-order valence-electron chi connectivity index (χ0n) is 19.1. The third-order valence-electron chi connectivity index (χ3n) is 4.42. The summed E-state index contributed by atoms with van der Waals surface area (Å²) in [6, 6.07) is 18.4. The SMILES string of the molecule is C=CCOc1ccc(NC(=O)C(=O)N/N=C\c2cccc(OCC(=O)Nc3ccc(F)cc3)c2)cc1. The van der Waals surface area contributed by atoms with Crippen molar-refractivity contribution in [2.45, 2.75) is 0 Å². The molecule has 0 saturated heterocycles. The largest absolute Gasteiger partial charge is 0.490 e. The van der Waals surface area contributed by atoms with E-state index in [2.05, 4.69) is 27.7 Å². The Morgan fingerprint density at radius 3 is 2.28 bits per heavy atom. The quantitative estimate of drug-likeness (QED) is 0.174. The molecule has 10 heteroatoms. The summed E-state index contributed by atoms with van der Waals surface area (Å²) in [5.74, 6) is -1.68. The Labute approximate surface area is 206 Å². The van der Waals surface area contributed by atoms with Crippen molar-refractivity contribution >= 4 is 35.3 Å². The molecule has 3 amide bonds. The van der Waals surface area contributed by atoms with E-state index in [1.54, 1.807) is 54.6 Å². The average Bonchev–Trinajstić information content (AvgIpc) is 2.88. The van der Waals surface area contributed by atoms with Gasteiger partial charge in [-0.2, -0.15) is 5.10 Å². The first-order valence-corrected chi connectivity index (χ1v) is 10.7. The van der Waals surface area contributed by atoms with E-state index >= 15 is 0 Å². The standard InChI is InChI=1S/C26H23FN4O5/c1-2-14-35-22-12-10-21(11-13-22)30-25(33)26(34)31-28-16-18-4-3-5-23(15-18)36-17-24(32)29-20-8-6-19(27)7-9-20/h2-13,15-16H,1,14,17H2,(H,29,32)(H,30,33)(H,31,34)/b28-16-. The summed E-state index contributed by atoms with van der Waals surface area (Å²) in [5, 5.41) is 8.81. The van der Waals surface area contributed by atoms with Crippen molar-refractivity contribution in [3.63, 3.8) is 0 Å². The van der Waals surface area contributed by atoms with Crippen LogP contribution in [0.25, 0.3) is 0 Å². The minimum absolute atomic E-state index is 0.268. The molecule has 0 saturated carbocycles. The number of nitrogens with one attached hydrogen (secondary N) is 3. The molecule has 3 aromatic rings. The van der Waals surface area contributed by atoms with Crippen molar-refractivity contribution in [1.82, 2.24) is 5.43 Å². The van der Waals surface area contributed by atoms with Gasteiger partial charge < -0.3 is 20.1 Å². The molecular weight excluding hydrogens is 467 g/mol. The number of ether oxygens (including phenoxy) is 2. The minimum Gasteiger partial charge on any atom is -0.490 e. The van der Waals surface area contributed by atoms with Gasteiger partial charge in [0.05, 0.1) is 6.21 Å². The molecule has 0 unspecified atom stereocenters. The van der Waals surface area contributed by atoms with Crippen LogP contribution in [0, 0.1) is 5.82 Å². The lowest BCUT2D eigenvalue weighted by Crippen LogP contribution is -2.32. The third kappa shape index (κ3) is 8.41. The van der Waals surface area contributed by atoms with Gasteiger partial charge in [-0.05, 0) is 66.2 Å². The first-order chi connectivity index (χ1) is 17.4. The second-order valence-corrected chi connectivity index (χ2v) is 7.19. The highest BCUT2D eigenvalue weighted by Crippen LogP contribution is 2.16. The number of anilines is 2. The lowest BCUT2D eigenvalue weighted by Gasteiger charge is -2.08. The number of amides is 3. The van der Waals surface area contributed by atoms with E-state index < -0.39 is 23.5 Å². The number of benzene rings is 3. The lowest BCUT2D eigenvalue weighted by molar-refractivity contribution is -0.136. The first kappa shape index (κ1) is 25.6. The van der Waals surface area contributed by atoms with Crippen molar-refractivity contribution in [2.75, 3.05) is 23.8 Å². The maximum Gasteiger partial charge on any atom is 0.329 e. The maximum absolute atomic E-state index is 12.9. The van der Waals surface area contributed by atoms with Crippen molar-refractivity contribution in [3.8, 4) is 11.5 Å². The highest BCUT2D eigenvalue weighted by molar-refractivity contribution is 6.39. The number of hydrogen-bond acceptors (Lipinski definition) is 6. The number of carbonyl (C=O) groups is 3. The van der Waals surface area contributed by atoms with Gasteiger partial charge in [0.2, 0.25) is 0 Å². The second kappa shape index (κ2) is 13.0. The van der Waals surface area contributed by atoms with Crippen LogP contribution in [0.5, 0.6) is 11.5 Å². The Balaban J connectivity index is 1.45. The van der Waals surface area contributed by atoms with Crippen LogP contribution in [0.4, 0.5) is 15.8 Å². The molecule has 0 atom stereocenters. The molecular formula is C26H23FN4O5. The molecule has 9 nitrogen and oxygen atoms in total. The van der Waals surface area contributed by atoms with Gasteiger partial charge in [-0.15, -0.1) is 0 Å². The normalized spacial score (nSPS) is 10.4. The summed E-state index contributed by atoms with van der Waals surface area (Å²) in [6.45, 7) is 3.65. The molecule has 3 aromatic carbocycles. The number of halogens is 1. The first-order valence-electron chi connectivity index (χ1n) is 10.7. The van der Waals surface area contributed by atoms with Gasteiger partial charge in [-0.1, -0.05) is 24.8 Å². The third-order valence-corrected chi connectivity index (χ3v) is 4.42. The Hall–Kier alpha value is -4.99. The smallest absolute Gasteiger partial charge is 0.329 e. The van der Waals surface area contributed by atoms with Crippen LogP contribution in [-0.2, 0) is 14.4 Å². The van der Waals surface area contributed by atoms with Gasteiger partial charge >= 0.3 is 11.8 Å². The van der Waals surface area contributed by atoms with Crippen LogP contribution in [0.2, 0.25) is 0 Å². The zero-order chi connectivity index (χ0) is 25.8. The number of rotatable bonds is 10. The average molecular weight is 490 g/mol. The van der Waals surface area contributed by atoms with Crippen molar-refractivity contribution in [2.24, 2.45) is 5.10 Å². The summed E-state index contributed by atoms with van der Waals surface area (Å²) in [4.78, 5) is 36.0. The molecule has 36 heavy (non-hydrogen) atoms. The molecule has 0 heterocycles. The van der Waals surface area contributed by atoms with Gasteiger partial charge in [0, 0.05) is 11.4 Å². The van der Waals surface area contributed by atoms with Crippen LogP contribution in [0.15, 0.2) is 90.6 Å². The maximum atomic E-state index is 12.9. The van der Waals surface area contributed by atoms with Crippen LogP contribution in [0.3, 0.4) is 0 Å². The molecule has 3 N–H and O–H groups in total. The topological polar surface area (TPSA) is 118 Å². The van der Waals surface area contributed by atoms with Crippen LogP contribution in [0.1, 0.15) is 5.56 Å². The van der Waals surface area contributed by atoms with Gasteiger partial charge in [0.15, 0.2) is 6.61 Å². The van der Waals surface area contributed by atoms with Gasteiger partial charge in [0.25, 0.3) is 5.91 Å². The van der Waals surface area contributed by atoms with Crippen LogP contribution < -0.4 is 25.5 Å². The Morgan fingerprint density at radius 1 is 0.861 bits per heavy atom. The molecule has 0 spiro atoms. The molecule has 0 aromatic heterocycles. The van der Waals surface area contributed by atoms with E-state index in [-0.39, 0.29) is 6.61 Å².